The van der Waals surface area contributed by atoms with Crippen LogP contribution in [-0.2, 0) is 10.5 Å². The highest BCUT2D eigenvalue weighted by molar-refractivity contribution is 7.98. The van der Waals surface area contributed by atoms with Gasteiger partial charge in [-0.1, -0.05) is 12.1 Å². The van der Waals surface area contributed by atoms with E-state index in [0.717, 1.165) is 34.5 Å². The maximum Gasteiger partial charge on any atom is 0.271 e. The van der Waals surface area contributed by atoms with E-state index in [1.807, 2.05) is 48.5 Å². The lowest BCUT2D eigenvalue weighted by Crippen LogP contribution is -2.14. The van der Waals surface area contributed by atoms with E-state index in [1.165, 1.54) is 0 Å². The number of benzene rings is 2. The molecule has 0 atom stereocenters. The molecule has 3 aromatic rings. The average molecular weight is 351 g/mol. The van der Waals surface area contributed by atoms with Crippen LogP contribution in [0.3, 0.4) is 0 Å². The highest BCUT2D eigenvalue weighted by atomic mass is 32.2. The Bertz CT molecular complexity index is 978. The normalized spacial score (nSPS) is 13.8. The van der Waals surface area contributed by atoms with Gasteiger partial charge in [-0.05, 0) is 49.2 Å². The molecule has 126 valence electrons. The summed E-state index contributed by atoms with van der Waals surface area (Å²) in [6, 6.07) is 15.2. The third-order valence-electron chi connectivity index (χ3n) is 4.12. The molecule has 0 bridgehead atoms. The summed E-state index contributed by atoms with van der Waals surface area (Å²) in [7, 11) is 0. The number of fused-ring (bicyclic) bond motifs is 1. The molecule has 6 heteroatoms. The van der Waals surface area contributed by atoms with Gasteiger partial charge in [-0.3, -0.25) is 9.59 Å². The number of nitrogens with zero attached hydrogens (tertiary/aromatic N) is 1. The minimum Gasteiger partial charge on any atom is -0.326 e. The third kappa shape index (κ3) is 3.74. The molecule has 5 nitrogen and oxygen atoms in total. The monoisotopic (exact) mass is 351 g/mol. The number of aromatic amines is 1. The lowest BCUT2D eigenvalue weighted by Gasteiger charge is -2.06. The third-order valence-corrected chi connectivity index (χ3v) is 5.14. The zero-order valence-corrected chi connectivity index (χ0v) is 14.3. The van der Waals surface area contributed by atoms with E-state index in [0.29, 0.717) is 11.4 Å². The van der Waals surface area contributed by atoms with E-state index in [9.17, 15) is 9.59 Å². The molecule has 1 aliphatic carbocycles. The summed E-state index contributed by atoms with van der Waals surface area (Å²) < 4.78 is 0. The van der Waals surface area contributed by atoms with E-state index in [-0.39, 0.29) is 17.4 Å². The van der Waals surface area contributed by atoms with E-state index in [2.05, 4.69) is 15.3 Å². The Balaban J connectivity index is 1.43. The quantitative estimate of drug-likeness (QED) is 0.689. The van der Waals surface area contributed by atoms with E-state index in [4.69, 9.17) is 0 Å². The first-order valence-electron chi connectivity index (χ1n) is 8.21. The van der Waals surface area contributed by atoms with Gasteiger partial charge in [0.15, 0.2) is 0 Å². The molecule has 0 saturated heterocycles. The first kappa shape index (κ1) is 15.9. The molecule has 1 saturated carbocycles. The van der Waals surface area contributed by atoms with Crippen molar-refractivity contribution in [2.75, 3.05) is 5.32 Å². The standard InChI is InChI=1S/C19H17N3O2S/c23-18(12-5-6-12)20-13-7-9-14(10-8-13)25-11-17-19(24)22-16-4-2-1-3-15(16)21-17/h1-4,7-10,12H,5-6,11H2,(H,20,23)(H,22,24). The van der Waals surface area contributed by atoms with Crippen molar-refractivity contribution in [3.8, 4) is 0 Å². The van der Waals surface area contributed by atoms with Gasteiger partial charge in [0, 0.05) is 22.3 Å². The Morgan fingerprint density at radius 1 is 1.16 bits per heavy atom. The van der Waals surface area contributed by atoms with Crippen molar-refractivity contribution in [3.05, 3.63) is 64.6 Å². The fraction of sp³-hybridized carbons (Fsp3) is 0.211. The van der Waals surface area contributed by atoms with Crippen LogP contribution < -0.4 is 10.9 Å². The molecule has 1 aromatic heterocycles. The minimum absolute atomic E-state index is 0.104. The topological polar surface area (TPSA) is 74.8 Å². The molecule has 1 heterocycles. The number of H-pyrrole nitrogens is 1. The van der Waals surface area contributed by atoms with Crippen molar-refractivity contribution in [1.82, 2.24) is 9.97 Å². The largest absolute Gasteiger partial charge is 0.326 e. The predicted octanol–water partition coefficient (Wildman–Crippen LogP) is 3.56. The number of nitrogens with one attached hydrogen (secondary N) is 2. The number of amides is 1. The van der Waals surface area contributed by atoms with Crippen molar-refractivity contribution < 1.29 is 4.79 Å². The van der Waals surface area contributed by atoms with E-state index >= 15 is 0 Å². The highest BCUT2D eigenvalue weighted by Gasteiger charge is 2.29. The number of carbonyl (C=O) groups is 1. The van der Waals surface area contributed by atoms with E-state index < -0.39 is 0 Å². The molecular weight excluding hydrogens is 334 g/mol. The maximum atomic E-state index is 12.1. The fourth-order valence-electron chi connectivity index (χ4n) is 2.54. The molecule has 0 unspecified atom stereocenters. The summed E-state index contributed by atoms with van der Waals surface area (Å²) in [6.07, 6.45) is 1.99. The second-order valence-corrected chi connectivity index (χ2v) is 7.16. The lowest BCUT2D eigenvalue weighted by atomic mass is 10.3. The van der Waals surface area contributed by atoms with Crippen molar-refractivity contribution in [1.29, 1.82) is 0 Å². The van der Waals surface area contributed by atoms with Crippen LogP contribution in [0.4, 0.5) is 5.69 Å². The fourth-order valence-corrected chi connectivity index (χ4v) is 3.37. The molecule has 0 spiro atoms. The van der Waals surface area contributed by atoms with Crippen LogP contribution >= 0.6 is 11.8 Å². The predicted molar refractivity (Wildman–Crippen MR) is 99.7 cm³/mol. The zero-order valence-electron chi connectivity index (χ0n) is 13.5. The molecule has 0 radical (unpaired) electrons. The summed E-state index contributed by atoms with van der Waals surface area (Å²) in [5, 5.41) is 2.92. The van der Waals surface area contributed by atoms with Gasteiger partial charge in [0.1, 0.15) is 5.69 Å². The second-order valence-electron chi connectivity index (χ2n) is 6.11. The van der Waals surface area contributed by atoms with Crippen LogP contribution in [0.2, 0.25) is 0 Å². The number of aromatic nitrogens is 2. The first-order valence-corrected chi connectivity index (χ1v) is 9.19. The van der Waals surface area contributed by atoms with Crippen molar-refractivity contribution in [2.24, 2.45) is 5.92 Å². The number of hydrogen-bond donors (Lipinski definition) is 2. The average Bonchev–Trinajstić information content (AvgIpc) is 3.46. The Kier molecular flexibility index (Phi) is 4.28. The van der Waals surface area contributed by atoms with Gasteiger partial charge in [-0.25, -0.2) is 4.98 Å². The van der Waals surface area contributed by atoms with Gasteiger partial charge in [-0.2, -0.15) is 0 Å². The Labute approximate surface area is 148 Å². The maximum absolute atomic E-state index is 12.1. The molecule has 4 rings (SSSR count). The summed E-state index contributed by atoms with van der Waals surface area (Å²) in [5.74, 6) is 0.792. The molecular formula is C19H17N3O2S. The van der Waals surface area contributed by atoms with Crippen LogP contribution in [0.5, 0.6) is 0 Å². The number of anilines is 1. The van der Waals surface area contributed by atoms with Gasteiger partial charge in [0.25, 0.3) is 5.56 Å². The summed E-state index contributed by atoms with van der Waals surface area (Å²) in [4.78, 5) is 32.2. The number of hydrogen-bond acceptors (Lipinski definition) is 4. The first-order chi connectivity index (χ1) is 12.2. The molecule has 0 aliphatic heterocycles. The molecule has 1 amide bonds. The number of carbonyl (C=O) groups excluding carboxylic acids is 1. The second kappa shape index (κ2) is 6.72. The summed E-state index contributed by atoms with van der Waals surface area (Å²) in [5.41, 5.74) is 2.70. The molecule has 2 aromatic carbocycles. The summed E-state index contributed by atoms with van der Waals surface area (Å²) in [6.45, 7) is 0. The SMILES string of the molecule is O=C(Nc1ccc(SCc2nc3ccccc3[nH]c2=O)cc1)C1CC1. The van der Waals surface area contributed by atoms with Crippen LogP contribution in [0.25, 0.3) is 11.0 Å². The van der Waals surface area contributed by atoms with Gasteiger partial charge < -0.3 is 10.3 Å². The number of thioether (sulfide) groups is 1. The van der Waals surface area contributed by atoms with Crippen LogP contribution in [0, 0.1) is 5.92 Å². The Morgan fingerprint density at radius 3 is 2.68 bits per heavy atom. The van der Waals surface area contributed by atoms with Gasteiger partial charge in [-0.15, -0.1) is 11.8 Å². The molecule has 2 N–H and O–H groups in total. The van der Waals surface area contributed by atoms with Crippen molar-refractivity contribution >= 4 is 34.4 Å². The van der Waals surface area contributed by atoms with Crippen LogP contribution in [-0.4, -0.2) is 15.9 Å². The van der Waals surface area contributed by atoms with Crippen LogP contribution in [0.15, 0.2) is 58.2 Å². The van der Waals surface area contributed by atoms with Gasteiger partial charge >= 0.3 is 0 Å². The number of rotatable bonds is 5. The number of para-hydroxylation sites is 2. The summed E-state index contributed by atoms with van der Waals surface area (Å²) >= 11 is 1.55. The zero-order chi connectivity index (χ0) is 17.2. The molecule has 25 heavy (non-hydrogen) atoms. The van der Waals surface area contributed by atoms with Gasteiger partial charge in [0.2, 0.25) is 5.91 Å². The van der Waals surface area contributed by atoms with Crippen molar-refractivity contribution in [2.45, 2.75) is 23.5 Å². The smallest absolute Gasteiger partial charge is 0.271 e. The Hall–Kier alpha value is -2.60. The van der Waals surface area contributed by atoms with Gasteiger partial charge in [0.05, 0.1) is 11.0 Å². The Morgan fingerprint density at radius 2 is 1.92 bits per heavy atom. The minimum atomic E-state index is -0.153. The van der Waals surface area contributed by atoms with E-state index in [1.54, 1.807) is 11.8 Å². The highest BCUT2D eigenvalue weighted by Crippen LogP contribution is 2.30. The lowest BCUT2D eigenvalue weighted by molar-refractivity contribution is -0.117. The molecule has 1 aliphatic rings. The van der Waals surface area contributed by atoms with Crippen molar-refractivity contribution in [3.63, 3.8) is 0 Å². The molecule has 1 fully saturated rings. The van der Waals surface area contributed by atoms with Crippen LogP contribution in [0.1, 0.15) is 18.5 Å².